The van der Waals surface area contributed by atoms with E-state index in [0.29, 0.717) is 0 Å². The maximum Gasteiger partial charge on any atom is -0.00764 e. The molecule has 0 radical (unpaired) electrons. The van der Waals surface area contributed by atoms with Crippen molar-refractivity contribution in [2.24, 2.45) is 29.1 Å². The highest BCUT2D eigenvalue weighted by atomic mass is 14.6. The Morgan fingerprint density at radius 2 is 1.86 bits per heavy atom. The lowest BCUT2D eigenvalue weighted by atomic mass is 9.46. The van der Waals surface area contributed by atoms with Gasteiger partial charge in [-0.05, 0) is 74.5 Å². The summed E-state index contributed by atoms with van der Waals surface area (Å²) in [6.07, 6.45) is 12.0. The maximum atomic E-state index is 2.70. The Morgan fingerprint density at radius 1 is 1.14 bits per heavy atom. The average molecular weight is 188 g/mol. The first kappa shape index (κ1) is 7.96. The minimum absolute atomic E-state index is 0.721. The maximum absolute atomic E-state index is 2.70. The van der Waals surface area contributed by atoms with Crippen LogP contribution in [0.3, 0.4) is 0 Å². The zero-order valence-corrected chi connectivity index (χ0v) is 9.13. The molecule has 76 valence electrons. The second kappa shape index (κ2) is 2.28. The topological polar surface area (TPSA) is 0 Å². The lowest BCUT2D eigenvalue weighted by Gasteiger charge is -2.59. The van der Waals surface area contributed by atoms with Crippen molar-refractivity contribution in [3.8, 4) is 0 Å². The molecule has 0 saturated heterocycles. The van der Waals surface area contributed by atoms with Crippen LogP contribution in [0.15, 0.2) is 11.6 Å². The fourth-order valence-corrected chi connectivity index (χ4v) is 5.70. The Hall–Kier alpha value is -0.260. The van der Waals surface area contributed by atoms with Gasteiger partial charge < -0.3 is 0 Å². The van der Waals surface area contributed by atoms with E-state index in [9.17, 15) is 0 Å². The van der Waals surface area contributed by atoms with E-state index in [1.807, 2.05) is 0 Å². The van der Waals surface area contributed by atoms with Gasteiger partial charge >= 0.3 is 0 Å². The SMILES string of the molecule is CC1=CC23C[C@@H]4CC(C[C@@H](C4)C2)[C@H]3C1. The number of rotatable bonds is 0. The molecule has 0 N–H and O–H groups in total. The summed E-state index contributed by atoms with van der Waals surface area (Å²) in [6.45, 7) is 2.37. The summed E-state index contributed by atoms with van der Waals surface area (Å²) in [5.41, 5.74) is 2.43. The molecule has 0 nitrogen and oxygen atoms in total. The van der Waals surface area contributed by atoms with Crippen LogP contribution in [0.5, 0.6) is 0 Å². The smallest absolute Gasteiger partial charge is 0.00764 e. The van der Waals surface area contributed by atoms with Crippen LogP contribution < -0.4 is 0 Å². The Balaban J connectivity index is 1.82. The van der Waals surface area contributed by atoms with Crippen LogP contribution in [-0.4, -0.2) is 0 Å². The van der Waals surface area contributed by atoms with Crippen molar-refractivity contribution < 1.29 is 0 Å². The Morgan fingerprint density at radius 3 is 2.57 bits per heavy atom. The van der Waals surface area contributed by atoms with Gasteiger partial charge in [0.05, 0.1) is 0 Å². The molecule has 4 fully saturated rings. The highest BCUT2D eigenvalue weighted by Gasteiger charge is 2.57. The van der Waals surface area contributed by atoms with E-state index >= 15 is 0 Å². The third kappa shape index (κ3) is 0.816. The summed E-state index contributed by atoms with van der Waals surface area (Å²) in [5, 5.41) is 0. The van der Waals surface area contributed by atoms with Crippen LogP contribution >= 0.6 is 0 Å². The predicted molar refractivity (Wildman–Crippen MR) is 57.9 cm³/mol. The molecule has 5 aliphatic carbocycles. The first-order valence-electron chi connectivity index (χ1n) is 6.43. The molecule has 0 aromatic carbocycles. The van der Waals surface area contributed by atoms with Gasteiger partial charge in [0.25, 0.3) is 0 Å². The van der Waals surface area contributed by atoms with E-state index in [2.05, 4.69) is 13.0 Å². The van der Waals surface area contributed by atoms with Gasteiger partial charge in [-0.25, -0.2) is 0 Å². The molecular formula is C14H20. The van der Waals surface area contributed by atoms with Crippen LogP contribution in [0.25, 0.3) is 0 Å². The fourth-order valence-electron chi connectivity index (χ4n) is 5.70. The molecule has 0 amide bonds. The second-order valence-corrected chi connectivity index (χ2v) is 6.64. The lowest BCUT2D eigenvalue weighted by Crippen LogP contribution is -2.50. The van der Waals surface area contributed by atoms with Gasteiger partial charge in [-0.1, -0.05) is 11.6 Å². The van der Waals surface area contributed by atoms with E-state index in [0.717, 1.165) is 29.1 Å². The number of allylic oxidation sites excluding steroid dienone is 2. The first-order valence-corrected chi connectivity index (χ1v) is 6.43. The third-order valence-electron chi connectivity index (χ3n) is 5.66. The van der Waals surface area contributed by atoms with Crippen LogP contribution in [0.1, 0.15) is 45.4 Å². The van der Waals surface area contributed by atoms with Crippen LogP contribution in [0.4, 0.5) is 0 Å². The molecule has 1 spiro atoms. The molecule has 0 heteroatoms. The van der Waals surface area contributed by atoms with Crippen molar-refractivity contribution in [2.45, 2.75) is 45.4 Å². The van der Waals surface area contributed by atoms with Crippen molar-refractivity contribution in [1.29, 1.82) is 0 Å². The van der Waals surface area contributed by atoms with Crippen LogP contribution in [-0.2, 0) is 0 Å². The normalized spacial score (nSPS) is 58.8. The summed E-state index contributed by atoms with van der Waals surface area (Å²) in [4.78, 5) is 0. The molecule has 0 aromatic heterocycles. The fraction of sp³-hybridized carbons (Fsp3) is 0.857. The zero-order chi connectivity index (χ0) is 9.34. The molecule has 0 heterocycles. The highest BCUT2D eigenvalue weighted by Crippen LogP contribution is 2.67. The van der Waals surface area contributed by atoms with Crippen LogP contribution in [0, 0.1) is 29.1 Å². The van der Waals surface area contributed by atoms with E-state index in [1.54, 1.807) is 37.7 Å². The molecule has 4 saturated carbocycles. The summed E-state index contributed by atoms with van der Waals surface area (Å²) in [7, 11) is 0. The first-order chi connectivity index (χ1) is 6.75. The predicted octanol–water partition coefficient (Wildman–Crippen LogP) is 3.78. The van der Waals surface area contributed by atoms with E-state index in [-0.39, 0.29) is 0 Å². The Labute approximate surface area is 86.8 Å². The van der Waals surface area contributed by atoms with Gasteiger partial charge in [0.2, 0.25) is 0 Å². The molecule has 0 aliphatic heterocycles. The minimum atomic E-state index is 0.721. The zero-order valence-electron chi connectivity index (χ0n) is 9.13. The van der Waals surface area contributed by atoms with Crippen LogP contribution in [0.2, 0.25) is 0 Å². The van der Waals surface area contributed by atoms with Gasteiger partial charge in [0.1, 0.15) is 0 Å². The molecular weight excluding hydrogens is 168 g/mol. The monoisotopic (exact) mass is 188 g/mol. The molecule has 5 rings (SSSR count). The number of hydrogen-bond donors (Lipinski definition) is 0. The highest BCUT2D eigenvalue weighted by molar-refractivity contribution is 5.24. The molecule has 2 unspecified atom stereocenters. The molecule has 5 atom stereocenters. The van der Waals surface area contributed by atoms with Crippen molar-refractivity contribution in [2.75, 3.05) is 0 Å². The van der Waals surface area contributed by atoms with Crippen molar-refractivity contribution in [1.82, 2.24) is 0 Å². The largest absolute Gasteiger partial charge is 0.0791 e. The van der Waals surface area contributed by atoms with Crippen molar-refractivity contribution >= 4 is 0 Å². The third-order valence-corrected chi connectivity index (χ3v) is 5.66. The van der Waals surface area contributed by atoms with E-state index in [4.69, 9.17) is 0 Å². The number of hydrogen-bond acceptors (Lipinski definition) is 0. The quantitative estimate of drug-likeness (QED) is 0.507. The summed E-state index contributed by atoms with van der Waals surface area (Å²) in [5.74, 6) is 4.43. The minimum Gasteiger partial charge on any atom is -0.0791 e. The Kier molecular flexibility index (Phi) is 1.30. The lowest BCUT2D eigenvalue weighted by molar-refractivity contribution is -0.0723. The van der Waals surface area contributed by atoms with Crippen molar-refractivity contribution in [3.63, 3.8) is 0 Å². The van der Waals surface area contributed by atoms with Gasteiger partial charge in [-0.2, -0.15) is 0 Å². The molecule has 4 bridgehead atoms. The summed E-state index contributed by atoms with van der Waals surface area (Å²) < 4.78 is 0. The standard InChI is InChI=1S/C14H20/c1-9-2-13-12-4-10-3-11(5-12)8-14(13,6-9)7-10/h6,10-13H,2-5,7-8H2,1H3/t10-,11+,12?,13-,14?/m1/s1. The van der Waals surface area contributed by atoms with E-state index < -0.39 is 0 Å². The van der Waals surface area contributed by atoms with Gasteiger partial charge in [0, 0.05) is 0 Å². The average Bonchev–Trinajstić information content (AvgIpc) is 2.40. The Bertz CT molecular complexity index is 298. The van der Waals surface area contributed by atoms with Gasteiger partial charge in [-0.15, -0.1) is 0 Å². The summed E-state index contributed by atoms with van der Waals surface area (Å²) in [6, 6.07) is 0. The van der Waals surface area contributed by atoms with E-state index in [1.165, 1.54) is 6.42 Å². The van der Waals surface area contributed by atoms with Gasteiger partial charge in [0.15, 0.2) is 0 Å². The van der Waals surface area contributed by atoms with Crippen molar-refractivity contribution in [3.05, 3.63) is 11.6 Å². The molecule has 5 aliphatic rings. The van der Waals surface area contributed by atoms with Gasteiger partial charge in [-0.3, -0.25) is 0 Å². The molecule has 14 heavy (non-hydrogen) atoms. The summed E-state index contributed by atoms with van der Waals surface area (Å²) >= 11 is 0. The second-order valence-electron chi connectivity index (χ2n) is 6.64. The molecule has 0 aromatic rings.